The largest absolute Gasteiger partial charge is 0.343 e. The van der Waals surface area contributed by atoms with E-state index in [4.69, 9.17) is 0 Å². The quantitative estimate of drug-likeness (QED) is 0.873. The molecule has 116 valence electrons. The summed E-state index contributed by atoms with van der Waals surface area (Å²) in [5.41, 5.74) is 3.28. The molecule has 0 bridgehead atoms. The van der Waals surface area contributed by atoms with Crippen LogP contribution in [-0.4, -0.2) is 33.9 Å². The second-order valence-corrected chi connectivity index (χ2v) is 6.88. The van der Waals surface area contributed by atoms with Crippen molar-refractivity contribution in [2.75, 3.05) is 13.1 Å². The Labute approximate surface area is 135 Å². The fourth-order valence-corrected chi connectivity index (χ4v) is 3.80. The number of nitrogens with zero attached hydrogens (tertiary/aromatic N) is 3. The highest BCUT2D eigenvalue weighted by Crippen LogP contribution is 2.25. The predicted octanol–water partition coefficient (Wildman–Crippen LogP) is 3.31. The highest BCUT2D eigenvalue weighted by molar-refractivity contribution is 7.13. The Bertz CT molecular complexity index is 667. The second kappa shape index (κ2) is 6.57. The van der Waals surface area contributed by atoms with Crippen LogP contribution in [-0.2, 0) is 11.2 Å². The van der Waals surface area contributed by atoms with Gasteiger partial charge in [0.05, 0.1) is 5.69 Å². The molecule has 0 N–H and O–H groups in total. The van der Waals surface area contributed by atoms with Crippen molar-refractivity contribution in [3.63, 3.8) is 0 Å². The van der Waals surface area contributed by atoms with Gasteiger partial charge in [-0.05, 0) is 49.8 Å². The number of aromatic nitrogens is 2. The van der Waals surface area contributed by atoms with Crippen LogP contribution >= 0.6 is 11.3 Å². The van der Waals surface area contributed by atoms with Gasteiger partial charge in [-0.25, -0.2) is 4.98 Å². The van der Waals surface area contributed by atoms with Gasteiger partial charge in [-0.3, -0.25) is 9.78 Å². The number of aryl methyl sites for hydroxylation is 1. The van der Waals surface area contributed by atoms with Crippen LogP contribution in [0, 0.1) is 12.8 Å². The van der Waals surface area contributed by atoms with Gasteiger partial charge in [-0.15, -0.1) is 11.3 Å². The molecule has 2 aromatic heterocycles. The number of carbonyl (C=O) groups excluding carboxylic acids is 1. The van der Waals surface area contributed by atoms with Gasteiger partial charge in [0.2, 0.25) is 5.91 Å². The molecular weight excluding hydrogens is 294 g/mol. The summed E-state index contributed by atoms with van der Waals surface area (Å²) in [7, 11) is 0. The summed E-state index contributed by atoms with van der Waals surface area (Å²) in [6, 6.07) is 4.22. The number of amides is 1. The summed E-state index contributed by atoms with van der Waals surface area (Å²) >= 11 is 1.64. The Balaban J connectivity index is 1.71. The molecule has 0 radical (unpaired) electrons. The van der Waals surface area contributed by atoms with E-state index in [-0.39, 0.29) is 5.91 Å². The molecule has 0 aliphatic carbocycles. The van der Waals surface area contributed by atoms with Crippen molar-refractivity contribution in [1.82, 2.24) is 14.9 Å². The first-order valence-electron chi connectivity index (χ1n) is 7.75. The van der Waals surface area contributed by atoms with Crippen LogP contribution in [0.25, 0.3) is 10.7 Å². The minimum atomic E-state index is 0.193. The smallest absolute Gasteiger partial charge is 0.219 e. The molecular formula is C17H21N3OS. The number of thiazole rings is 1. The zero-order valence-corrected chi connectivity index (χ0v) is 13.9. The second-order valence-electron chi connectivity index (χ2n) is 6.02. The van der Waals surface area contributed by atoms with Crippen molar-refractivity contribution >= 4 is 17.2 Å². The van der Waals surface area contributed by atoms with Crippen LogP contribution in [0.3, 0.4) is 0 Å². The molecule has 5 heteroatoms. The first-order valence-corrected chi connectivity index (χ1v) is 8.63. The van der Waals surface area contributed by atoms with Crippen LogP contribution in [0.5, 0.6) is 0 Å². The summed E-state index contributed by atoms with van der Waals surface area (Å²) in [6.45, 7) is 5.45. The number of hydrogen-bond acceptors (Lipinski definition) is 4. The third kappa shape index (κ3) is 3.53. The third-order valence-electron chi connectivity index (χ3n) is 4.15. The molecule has 3 heterocycles. The number of carbonyl (C=O) groups is 1. The van der Waals surface area contributed by atoms with Crippen molar-refractivity contribution < 1.29 is 4.79 Å². The molecule has 0 aromatic carbocycles. The highest BCUT2D eigenvalue weighted by Gasteiger charge is 2.21. The molecule has 4 nitrogen and oxygen atoms in total. The number of rotatable bonds is 3. The Hall–Kier alpha value is -1.75. The molecule has 2 aromatic rings. The summed E-state index contributed by atoms with van der Waals surface area (Å²) < 4.78 is 0. The number of piperidine rings is 1. The monoisotopic (exact) mass is 315 g/mol. The van der Waals surface area contributed by atoms with E-state index in [1.807, 2.05) is 18.0 Å². The van der Waals surface area contributed by atoms with E-state index >= 15 is 0 Å². The summed E-state index contributed by atoms with van der Waals surface area (Å²) in [4.78, 5) is 22.5. The Morgan fingerprint density at radius 2 is 2.36 bits per heavy atom. The molecule has 1 saturated heterocycles. The first-order chi connectivity index (χ1) is 10.6. The lowest BCUT2D eigenvalue weighted by atomic mass is 9.91. The Morgan fingerprint density at radius 3 is 3.09 bits per heavy atom. The van der Waals surface area contributed by atoms with Gasteiger partial charge in [0.15, 0.2) is 0 Å². The van der Waals surface area contributed by atoms with Crippen LogP contribution in [0.15, 0.2) is 23.7 Å². The maximum Gasteiger partial charge on any atom is 0.219 e. The molecule has 1 fully saturated rings. The van der Waals surface area contributed by atoms with Gasteiger partial charge >= 0.3 is 0 Å². The molecule has 1 atom stereocenters. The molecule has 3 rings (SSSR count). The summed E-state index contributed by atoms with van der Waals surface area (Å²) in [5.74, 6) is 0.740. The van der Waals surface area contributed by atoms with Crippen molar-refractivity contribution in [3.8, 4) is 10.7 Å². The molecule has 0 saturated carbocycles. The minimum absolute atomic E-state index is 0.193. The topological polar surface area (TPSA) is 46.1 Å². The van der Waals surface area contributed by atoms with E-state index in [0.717, 1.165) is 42.3 Å². The number of pyridine rings is 1. The number of hydrogen-bond donors (Lipinski definition) is 0. The lowest BCUT2D eigenvalue weighted by Gasteiger charge is -2.32. The lowest BCUT2D eigenvalue weighted by Crippen LogP contribution is -2.39. The zero-order valence-electron chi connectivity index (χ0n) is 13.1. The SMILES string of the molecule is CC(=O)N1CCC[C@@H](Cc2ccnc(-c3nc(C)cs3)c2)C1. The van der Waals surface area contributed by atoms with Gasteiger partial charge in [-0.1, -0.05) is 0 Å². The van der Waals surface area contributed by atoms with Gasteiger partial charge in [0, 0.05) is 37.3 Å². The molecule has 1 aliphatic heterocycles. The van der Waals surface area contributed by atoms with Crippen LogP contribution in [0.2, 0.25) is 0 Å². The van der Waals surface area contributed by atoms with E-state index < -0.39 is 0 Å². The minimum Gasteiger partial charge on any atom is -0.343 e. The summed E-state index contributed by atoms with van der Waals surface area (Å²) in [6.07, 6.45) is 5.17. The van der Waals surface area contributed by atoms with Crippen molar-refractivity contribution in [2.24, 2.45) is 5.92 Å². The van der Waals surface area contributed by atoms with E-state index in [1.54, 1.807) is 18.3 Å². The molecule has 0 spiro atoms. The maximum atomic E-state index is 11.5. The number of likely N-dealkylation sites (tertiary alicyclic amines) is 1. The van der Waals surface area contributed by atoms with Crippen molar-refractivity contribution in [2.45, 2.75) is 33.1 Å². The van der Waals surface area contributed by atoms with Gasteiger partial charge < -0.3 is 4.90 Å². The fourth-order valence-electron chi connectivity index (χ4n) is 3.04. The van der Waals surface area contributed by atoms with E-state index in [9.17, 15) is 4.79 Å². The molecule has 0 unspecified atom stereocenters. The van der Waals surface area contributed by atoms with Crippen molar-refractivity contribution in [3.05, 3.63) is 35.0 Å². The van der Waals surface area contributed by atoms with Crippen LogP contribution < -0.4 is 0 Å². The fraction of sp³-hybridized carbons (Fsp3) is 0.471. The van der Waals surface area contributed by atoms with Gasteiger partial charge in [0.1, 0.15) is 5.01 Å². The Morgan fingerprint density at radius 1 is 1.50 bits per heavy atom. The standard InChI is InChI=1S/C17H21N3OS/c1-12-11-22-17(19-12)16-9-14(5-6-18-16)8-15-4-3-7-20(10-15)13(2)21/h5-6,9,11,15H,3-4,7-8,10H2,1-2H3/t15-/m0/s1. The van der Waals surface area contributed by atoms with Gasteiger partial charge in [-0.2, -0.15) is 0 Å². The zero-order chi connectivity index (χ0) is 15.5. The van der Waals surface area contributed by atoms with Crippen LogP contribution in [0.1, 0.15) is 31.0 Å². The average molecular weight is 315 g/mol. The molecule has 22 heavy (non-hydrogen) atoms. The average Bonchev–Trinajstić information content (AvgIpc) is 2.94. The van der Waals surface area contributed by atoms with E-state index in [1.165, 1.54) is 12.0 Å². The Kier molecular flexibility index (Phi) is 4.52. The van der Waals surface area contributed by atoms with E-state index in [2.05, 4.69) is 27.5 Å². The van der Waals surface area contributed by atoms with E-state index in [0.29, 0.717) is 5.92 Å². The van der Waals surface area contributed by atoms with Crippen molar-refractivity contribution in [1.29, 1.82) is 0 Å². The normalized spacial score (nSPS) is 18.5. The third-order valence-corrected chi connectivity index (χ3v) is 5.13. The molecule has 1 aliphatic rings. The predicted molar refractivity (Wildman–Crippen MR) is 88.8 cm³/mol. The first kappa shape index (κ1) is 15.2. The molecule has 1 amide bonds. The highest BCUT2D eigenvalue weighted by atomic mass is 32.1. The van der Waals surface area contributed by atoms with Crippen LogP contribution in [0.4, 0.5) is 0 Å². The maximum absolute atomic E-state index is 11.5. The van der Waals surface area contributed by atoms with Gasteiger partial charge in [0.25, 0.3) is 0 Å². The summed E-state index contributed by atoms with van der Waals surface area (Å²) in [5, 5.41) is 3.03. The lowest BCUT2D eigenvalue weighted by molar-refractivity contribution is -0.130.